The highest BCUT2D eigenvalue weighted by Crippen LogP contribution is 2.29. The van der Waals surface area contributed by atoms with Gasteiger partial charge in [-0.2, -0.15) is 0 Å². The number of imidazole rings is 1. The zero-order valence-electron chi connectivity index (χ0n) is 11.4. The molecule has 1 aromatic heterocycles. The van der Waals surface area contributed by atoms with Crippen LogP contribution in [0, 0.1) is 5.92 Å². The Morgan fingerprint density at radius 1 is 1.32 bits per heavy atom. The first kappa shape index (κ1) is 12.4. The van der Waals surface area contributed by atoms with Crippen LogP contribution in [0.3, 0.4) is 0 Å². The number of nitrogens with one attached hydrogen (secondary N) is 1. The molecule has 0 bridgehead atoms. The SMILES string of the molecule is CC(C1CCCNC1)n1cncc1-c1ccccc1. The Hall–Kier alpha value is -1.61. The average Bonchev–Trinajstić information content (AvgIpc) is 2.98. The maximum absolute atomic E-state index is 4.36. The molecule has 1 aliphatic heterocycles. The normalized spacial score (nSPS) is 21.2. The fourth-order valence-corrected chi connectivity index (χ4v) is 2.98. The van der Waals surface area contributed by atoms with Gasteiger partial charge in [-0.05, 0) is 44.3 Å². The molecule has 1 fully saturated rings. The van der Waals surface area contributed by atoms with Crippen molar-refractivity contribution in [1.82, 2.24) is 14.9 Å². The average molecular weight is 255 g/mol. The minimum atomic E-state index is 0.491. The monoisotopic (exact) mass is 255 g/mol. The molecule has 1 aromatic carbocycles. The van der Waals surface area contributed by atoms with Crippen LogP contribution in [-0.4, -0.2) is 22.6 Å². The van der Waals surface area contributed by atoms with Crippen LogP contribution in [0.1, 0.15) is 25.8 Å². The van der Waals surface area contributed by atoms with Crippen molar-refractivity contribution in [1.29, 1.82) is 0 Å². The quantitative estimate of drug-likeness (QED) is 0.913. The molecule has 0 spiro atoms. The number of rotatable bonds is 3. The predicted molar refractivity (Wildman–Crippen MR) is 78.0 cm³/mol. The molecule has 100 valence electrons. The number of hydrogen-bond donors (Lipinski definition) is 1. The molecule has 0 radical (unpaired) electrons. The van der Waals surface area contributed by atoms with E-state index in [0.29, 0.717) is 12.0 Å². The number of nitrogens with zero attached hydrogens (tertiary/aromatic N) is 2. The molecule has 19 heavy (non-hydrogen) atoms. The second-order valence-corrected chi connectivity index (χ2v) is 5.40. The molecule has 3 nitrogen and oxygen atoms in total. The minimum Gasteiger partial charge on any atom is -0.327 e. The molecule has 1 saturated heterocycles. The van der Waals surface area contributed by atoms with Crippen LogP contribution < -0.4 is 5.32 Å². The topological polar surface area (TPSA) is 29.9 Å². The van der Waals surface area contributed by atoms with Gasteiger partial charge in [0.15, 0.2) is 0 Å². The molecule has 1 N–H and O–H groups in total. The summed E-state index contributed by atoms with van der Waals surface area (Å²) in [4.78, 5) is 4.36. The first-order valence-corrected chi connectivity index (χ1v) is 7.14. The van der Waals surface area contributed by atoms with Crippen LogP contribution in [0.25, 0.3) is 11.3 Å². The molecule has 2 atom stereocenters. The van der Waals surface area contributed by atoms with Crippen LogP contribution >= 0.6 is 0 Å². The van der Waals surface area contributed by atoms with Crippen molar-refractivity contribution in [2.75, 3.05) is 13.1 Å². The van der Waals surface area contributed by atoms with Gasteiger partial charge in [0.2, 0.25) is 0 Å². The van der Waals surface area contributed by atoms with E-state index in [9.17, 15) is 0 Å². The summed E-state index contributed by atoms with van der Waals surface area (Å²) in [7, 11) is 0. The maximum atomic E-state index is 4.36. The van der Waals surface area contributed by atoms with Crippen LogP contribution in [0.2, 0.25) is 0 Å². The van der Waals surface area contributed by atoms with Crippen molar-refractivity contribution >= 4 is 0 Å². The molecule has 0 saturated carbocycles. The smallest absolute Gasteiger partial charge is 0.0953 e. The van der Waals surface area contributed by atoms with E-state index in [1.165, 1.54) is 30.6 Å². The highest BCUT2D eigenvalue weighted by Gasteiger charge is 2.22. The highest BCUT2D eigenvalue weighted by atomic mass is 15.1. The number of aromatic nitrogens is 2. The summed E-state index contributed by atoms with van der Waals surface area (Å²) < 4.78 is 2.33. The van der Waals surface area contributed by atoms with E-state index in [4.69, 9.17) is 0 Å². The molecule has 0 amide bonds. The highest BCUT2D eigenvalue weighted by molar-refractivity contribution is 5.58. The zero-order valence-corrected chi connectivity index (χ0v) is 11.4. The molecule has 2 heterocycles. The summed E-state index contributed by atoms with van der Waals surface area (Å²) in [6.45, 7) is 4.60. The summed E-state index contributed by atoms with van der Waals surface area (Å²) in [5.41, 5.74) is 2.47. The first-order valence-electron chi connectivity index (χ1n) is 7.14. The van der Waals surface area contributed by atoms with Crippen molar-refractivity contribution in [2.24, 2.45) is 5.92 Å². The Bertz CT molecular complexity index is 512. The Labute approximate surface area is 114 Å². The van der Waals surface area contributed by atoms with Gasteiger partial charge >= 0.3 is 0 Å². The molecule has 2 unspecified atom stereocenters. The maximum Gasteiger partial charge on any atom is 0.0953 e. The summed E-state index contributed by atoms with van der Waals surface area (Å²) >= 11 is 0. The van der Waals surface area contributed by atoms with Crippen molar-refractivity contribution in [3.05, 3.63) is 42.9 Å². The van der Waals surface area contributed by atoms with E-state index in [1.54, 1.807) is 0 Å². The Kier molecular flexibility index (Phi) is 3.65. The lowest BCUT2D eigenvalue weighted by Crippen LogP contribution is -2.34. The Morgan fingerprint density at radius 2 is 2.16 bits per heavy atom. The van der Waals surface area contributed by atoms with Gasteiger partial charge in [-0.1, -0.05) is 30.3 Å². The molecule has 2 aromatic rings. The van der Waals surface area contributed by atoms with Crippen LogP contribution in [0.15, 0.2) is 42.9 Å². The van der Waals surface area contributed by atoms with Gasteiger partial charge in [-0.15, -0.1) is 0 Å². The number of hydrogen-bond acceptors (Lipinski definition) is 2. The van der Waals surface area contributed by atoms with Crippen LogP contribution in [-0.2, 0) is 0 Å². The second kappa shape index (κ2) is 5.57. The van der Waals surface area contributed by atoms with E-state index in [0.717, 1.165) is 6.54 Å². The summed E-state index contributed by atoms with van der Waals surface area (Å²) in [6, 6.07) is 11.0. The van der Waals surface area contributed by atoms with E-state index >= 15 is 0 Å². The Balaban J connectivity index is 1.87. The van der Waals surface area contributed by atoms with Crippen LogP contribution in [0.5, 0.6) is 0 Å². The molecular weight excluding hydrogens is 234 g/mol. The van der Waals surface area contributed by atoms with E-state index in [-0.39, 0.29) is 0 Å². The number of piperidine rings is 1. The number of benzene rings is 1. The summed E-state index contributed by atoms with van der Waals surface area (Å²) in [5, 5.41) is 3.50. The van der Waals surface area contributed by atoms with Crippen molar-refractivity contribution in [2.45, 2.75) is 25.8 Å². The third-order valence-electron chi connectivity index (χ3n) is 4.19. The lowest BCUT2D eigenvalue weighted by Gasteiger charge is -2.30. The van der Waals surface area contributed by atoms with Gasteiger partial charge in [0.25, 0.3) is 0 Å². The van der Waals surface area contributed by atoms with Gasteiger partial charge in [-0.3, -0.25) is 0 Å². The third kappa shape index (κ3) is 2.56. The molecule has 1 aliphatic rings. The molecule has 3 heteroatoms. The third-order valence-corrected chi connectivity index (χ3v) is 4.19. The van der Waals surface area contributed by atoms with Gasteiger partial charge in [0, 0.05) is 6.04 Å². The Morgan fingerprint density at radius 3 is 2.89 bits per heavy atom. The van der Waals surface area contributed by atoms with Gasteiger partial charge in [-0.25, -0.2) is 4.98 Å². The van der Waals surface area contributed by atoms with Crippen molar-refractivity contribution in [3.63, 3.8) is 0 Å². The van der Waals surface area contributed by atoms with E-state index in [1.807, 2.05) is 12.5 Å². The standard InChI is InChI=1S/C16H21N3/c1-13(15-8-5-9-17-10-15)19-12-18-11-16(19)14-6-3-2-4-7-14/h2-4,6-7,11-13,15,17H,5,8-10H2,1H3. The zero-order chi connectivity index (χ0) is 13.1. The molecular formula is C16H21N3. The first-order chi connectivity index (χ1) is 9.36. The second-order valence-electron chi connectivity index (χ2n) is 5.40. The van der Waals surface area contributed by atoms with E-state index < -0.39 is 0 Å². The van der Waals surface area contributed by atoms with Gasteiger partial charge < -0.3 is 9.88 Å². The van der Waals surface area contributed by atoms with Crippen molar-refractivity contribution in [3.8, 4) is 11.3 Å². The fraction of sp³-hybridized carbons (Fsp3) is 0.438. The van der Waals surface area contributed by atoms with Gasteiger partial charge in [0.1, 0.15) is 0 Å². The minimum absolute atomic E-state index is 0.491. The largest absolute Gasteiger partial charge is 0.327 e. The summed E-state index contributed by atoms with van der Waals surface area (Å²) in [5.74, 6) is 0.699. The molecule has 0 aliphatic carbocycles. The lowest BCUT2D eigenvalue weighted by molar-refractivity contribution is 0.281. The van der Waals surface area contributed by atoms with Crippen LogP contribution in [0.4, 0.5) is 0 Å². The van der Waals surface area contributed by atoms with E-state index in [2.05, 4.69) is 52.1 Å². The van der Waals surface area contributed by atoms with Gasteiger partial charge in [0.05, 0.1) is 18.2 Å². The predicted octanol–water partition coefficient (Wildman–Crippen LogP) is 3.11. The fourth-order valence-electron chi connectivity index (χ4n) is 2.98. The lowest BCUT2D eigenvalue weighted by atomic mass is 9.92. The van der Waals surface area contributed by atoms with Crippen molar-refractivity contribution < 1.29 is 0 Å². The molecule has 3 rings (SSSR count). The summed E-state index contributed by atoms with van der Waals surface area (Å²) in [6.07, 6.45) is 6.54.